The molecule has 0 spiro atoms. The Labute approximate surface area is 140 Å². The van der Waals surface area contributed by atoms with E-state index in [1.54, 1.807) is 19.2 Å². The highest BCUT2D eigenvalue weighted by molar-refractivity contribution is 7.89. The number of benzene rings is 1. The summed E-state index contributed by atoms with van der Waals surface area (Å²) in [6.45, 7) is 0. The van der Waals surface area contributed by atoms with E-state index < -0.39 is 10.0 Å². The number of ketones is 1. The third-order valence-electron chi connectivity index (χ3n) is 4.18. The third-order valence-corrected chi connectivity index (χ3v) is 5.02. The lowest BCUT2D eigenvalue weighted by Crippen LogP contribution is -2.14. The molecule has 1 aromatic carbocycles. The summed E-state index contributed by atoms with van der Waals surface area (Å²) in [5.41, 5.74) is 1.61. The fourth-order valence-corrected chi connectivity index (χ4v) is 3.76. The first-order chi connectivity index (χ1) is 11.4. The molecule has 1 heterocycles. The van der Waals surface area contributed by atoms with Gasteiger partial charge in [0.15, 0.2) is 5.78 Å². The summed E-state index contributed by atoms with van der Waals surface area (Å²) < 4.78 is 34.4. The summed E-state index contributed by atoms with van der Waals surface area (Å²) in [6.07, 6.45) is 2.77. The Hall–Kier alpha value is -2.12. The number of sulfonamides is 1. The molecular formula is C17H19NO5S. The maximum absolute atomic E-state index is 12.4. The smallest absolute Gasteiger partial charge is 0.271 e. The molecule has 2 N–H and O–H groups in total. The zero-order valence-electron chi connectivity index (χ0n) is 13.4. The quantitative estimate of drug-likeness (QED) is 0.855. The first-order valence-electron chi connectivity index (χ1n) is 7.73. The van der Waals surface area contributed by atoms with Crippen molar-refractivity contribution in [2.75, 3.05) is 7.11 Å². The number of aryl methyl sites for hydroxylation is 1. The minimum absolute atomic E-state index is 0.0790. The van der Waals surface area contributed by atoms with E-state index in [0.29, 0.717) is 35.5 Å². The van der Waals surface area contributed by atoms with Gasteiger partial charge in [-0.05, 0) is 30.5 Å². The molecule has 1 aliphatic carbocycles. The number of primary sulfonamides is 1. The normalized spacial score (nSPS) is 15.0. The predicted octanol–water partition coefficient (Wildman–Crippen LogP) is 2.44. The molecule has 1 aliphatic rings. The number of hydrogen-bond donors (Lipinski definition) is 1. The number of carbonyl (C=O) groups excluding carboxylic acids is 1. The summed E-state index contributed by atoms with van der Waals surface area (Å²) in [5.74, 6) is 1.06. The number of rotatable bonds is 4. The van der Waals surface area contributed by atoms with Crippen LogP contribution in [0, 0.1) is 0 Å². The van der Waals surface area contributed by atoms with Crippen LogP contribution in [0.15, 0.2) is 33.8 Å². The molecule has 0 unspecified atom stereocenters. The monoisotopic (exact) mass is 349 g/mol. The molecule has 128 valence electrons. The summed E-state index contributed by atoms with van der Waals surface area (Å²) in [4.78, 5) is 12.4. The second-order valence-corrected chi connectivity index (χ2v) is 7.33. The number of hydrogen-bond acceptors (Lipinski definition) is 5. The molecule has 7 heteroatoms. The Kier molecular flexibility index (Phi) is 4.47. The predicted molar refractivity (Wildman–Crippen MR) is 87.8 cm³/mol. The van der Waals surface area contributed by atoms with Crippen molar-refractivity contribution < 1.29 is 22.4 Å². The fourth-order valence-electron chi connectivity index (χ4n) is 3.03. The molecule has 0 fully saturated rings. The first-order valence-corrected chi connectivity index (χ1v) is 9.28. The number of Topliss-reactive ketones (excluding diaryl/α,β-unsaturated/α-hetero) is 1. The number of ether oxygens (including phenoxy) is 1. The summed E-state index contributed by atoms with van der Waals surface area (Å²) >= 11 is 0. The van der Waals surface area contributed by atoms with Crippen molar-refractivity contribution in [2.24, 2.45) is 5.14 Å². The van der Waals surface area contributed by atoms with Crippen molar-refractivity contribution in [1.29, 1.82) is 0 Å². The van der Waals surface area contributed by atoms with E-state index in [-0.39, 0.29) is 17.3 Å². The van der Waals surface area contributed by atoms with Crippen LogP contribution in [-0.4, -0.2) is 21.3 Å². The van der Waals surface area contributed by atoms with E-state index in [4.69, 9.17) is 14.3 Å². The van der Waals surface area contributed by atoms with Gasteiger partial charge < -0.3 is 9.15 Å². The Morgan fingerprint density at radius 2 is 1.83 bits per heavy atom. The topological polar surface area (TPSA) is 99.6 Å². The molecule has 0 aliphatic heterocycles. The van der Waals surface area contributed by atoms with Gasteiger partial charge in [-0.2, -0.15) is 0 Å². The van der Waals surface area contributed by atoms with Gasteiger partial charge >= 0.3 is 0 Å². The van der Waals surface area contributed by atoms with Gasteiger partial charge in [-0.25, -0.2) is 13.6 Å². The third kappa shape index (κ3) is 3.22. The van der Waals surface area contributed by atoms with Crippen LogP contribution < -0.4 is 9.88 Å². The van der Waals surface area contributed by atoms with Crippen molar-refractivity contribution >= 4 is 15.8 Å². The number of furan rings is 1. The SMILES string of the molecule is COc1ccc(Cc2c(S(N)(=O)=O)oc3c2C(=O)CCCC3)cc1. The van der Waals surface area contributed by atoms with E-state index in [2.05, 4.69) is 0 Å². The van der Waals surface area contributed by atoms with Gasteiger partial charge in [0.25, 0.3) is 10.0 Å². The molecule has 2 aromatic rings. The zero-order chi connectivity index (χ0) is 17.3. The van der Waals surface area contributed by atoms with Crippen LogP contribution in [0.2, 0.25) is 0 Å². The highest BCUT2D eigenvalue weighted by Crippen LogP contribution is 2.33. The molecule has 24 heavy (non-hydrogen) atoms. The highest BCUT2D eigenvalue weighted by Gasteiger charge is 2.31. The van der Waals surface area contributed by atoms with Crippen molar-refractivity contribution in [3.05, 3.63) is 46.7 Å². The van der Waals surface area contributed by atoms with E-state index in [0.717, 1.165) is 18.4 Å². The van der Waals surface area contributed by atoms with Crippen molar-refractivity contribution in [1.82, 2.24) is 0 Å². The van der Waals surface area contributed by atoms with Gasteiger partial charge in [0.1, 0.15) is 11.5 Å². The van der Waals surface area contributed by atoms with E-state index >= 15 is 0 Å². The van der Waals surface area contributed by atoms with Gasteiger partial charge in [-0.15, -0.1) is 0 Å². The molecule has 0 radical (unpaired) electrons. The lowest BCUT2D eigenvalue weighted by molar-refractivity contribution is 0.0981. The number of carbonyl (C=O) groups is 1. The van der Waals surface area contributed by atoms with E-state index in [1.165, 1.54) is 0 Å². The molecule has 0 amide bonds. The van der Waals surface area contributed by atoms with E-state index in [9.17, 15) is 13.2 Å². The van der Waals surface area contributed by atoms with Crippen LogP contribution >= 0.6 is 0 Å². The van der Waals surface area contributed by atoms with Crippen LogP contribution in [0.3, 0.4) is 0 Å². The lowest BCUT2D eigenvalue weighted by Gasteiger charge is -2.06. The van der Waals surface area contributed by atoms with Crippen LogP contribution in [0.25, 0.3) is 0 Å². The van der Waals surface area contributed by atoms with Gasteiger partial charge in [0, 0.05) is 24.8 Å². The second-order valence-electron chi connectivity index (χ2n) is 5.87. The Morgan fingerprint density at radius 1 is 1.17 bits per heavy atom. The van der Waals surface area contributed by atoms with Crippen LogP contribution in [-0.2, 0) is 22.9 Å². The standard InChI is InChI=1S/C17H19NO5S/c1-22-12-8-6-11(7-9-12)10-13-16-14(19)4-2-3-5-15(16)23-17(13)24(18,20)21/h6-9H,2-5,10H2,1H3,(H2,18,20,21). The number of fused-ring (bicyclic) bond motifs is 1. The van der Waals surface area contributed by atoms with Crippen LogP contribution in [0.1, 0.15) is 46.5 Å². The molecule has 0 bridgehead atoms. The van der Waals surface area contributed by atoms with E-state index in [1.807, 2.05) is 12.1 Å². The molecular weight excluding hydrogens is 330 g/mol. The molecule has 6 nitrogen and oxygen atoms in total. The van der Waals surface area contributed by atoms with Gasteiger partial charge in [0.2, 0.25) is 5.09 Å². The van der Waals surface area contributed by atoms with Crippen molar-refractivity contribution in [2.45, 2.75) is 37.2 Å². The Balaban J connectivity index is 2.10. The average molecular weight is 349 g/mol. The first kappa shape index (κ1) is 16.7. The number of nitrogens with two attached hydrogens (primary N) is 1. The Morgan fingerprint density at radius 3 is 2.46 bits per heavy atom. The summed E-state index contributed by atoms with van der Waals surface area (Å²) in [5, 5.41) is 5.01. The van der Waals surface area contributed by atoms with Gasteiger partial charge in [0.05, 0.1) is 12.7 Å². The molecule has 0 atom stereocenters. The highest BCUT2D eigenvalue weighted by atomic mass is 32.2. The summed E-state index contributed by atoms with van der Waals surface area (Å²) in [7, 11) is -2.47. The van der Waals surface area contributed by atoms with Crippen LogP contribution in [0.4, 0.5) is 0 Å². The maximum atomic E-state index is 12.4. The number of methoxy groups -OCH3 is 1. The molecule has 0 saturated carbocycles. The minimum Gasteiger partial charge on any atom is -0.497 e. The second kappa shape index (κ2) is 6.41. The average Bonchev–Trinajstić information content (AvgIpc) is 2.80. The molecule has 3 rings (SSSR count). The van der Waals surface area contributed by atoms with Crippen LogP contribution in [0.5, 0.6) is 5.75 Å². The fraction of sp³-hybridized carbons (Fsp3) is 0.353. The van der Waals surface area contributed by atoms with Gasteiger partial charge in [-0.3, -0.25) is 4.79 Å². The lowest BCUT2D eigenvalue weighted by atomic mass is 9.99. The molecule has 1 aromatic heterocycles. The van der Waals surface area contributed by atoms with Crippen molar-refractivity contribution in [3.63, 3.8) is 0 Å². The van der Waals surface area contributed by atoms with Crippen molar-refractivity contribution in [3.8, 4) is 5.75 Å². The van der Waals surface area contributed by atoms with Gasteiger partial charge in [-0.1, -0.05) is 12.1 Å². The zero-order valence-corrected chi connectivity index (χ0v) is 14.2. The largest absolute Gasteiger partial charge is 0.497 e. The maximum Gasteiger partial charge on any atom is 0.271 e. The minimum atomic E-state index is -4.04. The Bertz CT molecular complexity index is 865. The molecule has 0 saturated heterocycles. The summed E-state index contributed by atoms with van der Waals surface area (Å²) in [6, 6.07) is 7.22.